The van der Waals surface area contributed by atoms with Crippen LogP contribution in [0.1, 0.15) is 72.1 Å². The second-order valence-electron chi connectivity index (χ2n) is 10.1. The van der Waals surface area contributed by atoms with E-state index in [4.69, 9.17) is 4.74 Å². The molecular weight excluding hydrogens is 418 g/mol. The van der Waals surface area contributed by atoms with Crippen LogP contribution in [0, 0.1) is 12.8 Å². The molecule has 7 heteroatoms. The predicted octanol–water partition coefficient (Wildman–Crippen LogP) is 4.51. The highest BCUT2D eigenvalue weighted by Gasteiger charge is 2.36. The Morgan fingerprint density at radius 3 is 2.09 bits per heavy atom. The highest BCUT2D eigenvalue weighted by atomic mass is 16.6. The van der Waals surface area contributed by atoms with Gasteiger partial charge >= 0.3 is 6.09 Å². The molecule has 0 aliphatic carbocycles. The van der Waals surface area contributed by atoms with Crippen molar-refractivity contribution < 1.29 is 19.1 Å². The number of carbonyl (C=O) groups excluding carboxylic acids is 3. The van der Waals surface area contributed by atoms with Gasteiger partial charge in [0.15, 0.2) is 0 Å². The fraction of sp³-hybridized carbons (Fsp3) is 0.577. The Kier molecular flexibility index (Phi) is 10.6. The Labute approximate surface area is 198 Å². The van der Waals surface area contributed by atoms with Gasteiger partial charge in [-0.05, 0) is 59.4 Å². The summed E-state index contributed by atoms with van der Waals surface area (Å²) < 4.78 is 5.38. The summed E-state index contributed by atoms with van der Waals surface area (Å²) in [6.45, 7) is 18.9. The summed E-state index contributed by atoms with van der Waals surface area (Å²) >= 11 is 0. The maximum absolute atomic E-state index is 13.8. The lowest BCUT2D eigenvalue weighted by atomic mass is 9.98. The van der Waals surface area contributed by atoms with Crippen LogP contribution in [0.2, 0.25) is 0 Å². The SMILES string of the molecule is C=CCN(C(=O)C(CC(C)C)NC(=O)OC(C)(C)C)C(C(=O)NC(C)C)c1ccc(C)cc1. The lowest BCUT2D eigenvalue weighted by Crippen LogP contribution is -2.53. The van der Waals surface area contributed by atoms with Crippen LogP contribution < -0.4 is 10.6 Å². The fourth-order valence-corrected chi connectivity index (χ4v) is 3.39. The quantitative estimate of drug-likeness (QED) is 0.504. The summed E-state index contributed by atoms with van der Waals surface area (Å²) in [4.78, 5) is 41.0. The monoisotopic (exact) mass is 459 g/mol. The van der Waals surface area contributed by atoms with Gasteiger partial charge in [-0.3, -0.25) is 9.59 Å². The Balaban J connectivity index is 3.39. The molecule has 7 nitrogen and oxygen atoms in total. The van der Waals surface area contributed by atoms with Gasteiger partial charge in [-0.2, -0.15) is 0 Å². The molecule has 184 valence electrons. The van der Waals surface area contributed by atoms with Crippen LogP contribution in [-0.4, -0.2) is 47.0 Å². The molecule has 3 amide bonds. The maximum atomic E-state index is 13.8. The number of hydrogen-bond acceptors (Lipinski definition) is 4. The van der Waals surface area contributed by atoms with Gasteiger partial charge in [-0.15, -0.1) is 6.58 Å². The van der Waals surface area contributed by atoms with Gasteiger partial charge in [0.2, 0.25) is 11.8 Å². The number of carbonyl (C=O) groups is 3. The van der Waals surface area contributed by atoms with Crippen molar-refractivity contribution in [1.29, 1.82) is 0 Å². The average Bonchev–Trinajstić information content (AvgIpc) is 2.65. The zero-order chi connectivity index (χ0) is 25.3. The number of nitrogens with zero attached hydrogens (tertiary/aromatic N) is 1. The molecule has 0 radical (unpaired) electrons. The van der Waals surface area contributed by atoms with Crippen LogP contribution in [0.25, 0.3) is 0 Å². The highest BCUT2D eigenvalue weighted by Crippen LogP contribution is 2.24. The first-order valence-electron chi connectivity index (χ1n) is 11.5. The molecule has 2 N–H and O–H groups in total. The summed E-state index contributed by atoms with van der Waals surface area (Å²) in [7, 11) is 0. The van der Waals surface area contributed by atoms with E-state index < -0.39 is 23.8 Å². The first-order chi connectivity index (χ1) is 15.2. The number of ether oxygens (including phenoxy) is 1. The molecule has 0 saturated carbocycles. The third kappa shape index (κ3) is 9.68. The topological polar surface area (TPSA) is 87.7 Å². The average molecular weight is 460 g/mol. The van der Waals surface area contributed by atoms with Crippen molar-refractivity contribution in [3.63, 3.8) is 0 Å². The Hall–Kier alpha value is -2.83. The summed E-state index contributed by atoms with van der Waals surface area (Å²) in [6, 6.07) is 5.70. The third-order valence-electron chi connectivity index (χ3n) is 4.69. The van der Waals surface area contributed by atoms with Gasteiger partial charge in [0.1, 0.15) is 17.7 Å². The van der Waals surface area contributed by atoms with Gasteiger partial charge in [-0.25, -0.2) is 4.79 Å². The predicted molar refractivity (Wildman–Crippen MR) is 132 cm³/mol. The molecule has 1 aromatic carbocycles. The molecule has 0 heterocycles. The van der Waals surface area contributed by atoms with E-state index in [-0.39, 0.29) is 30.3 Å². The number of rotatable bonds is 10. The van der Waals surface area contributed by atoms with Crippen LogP contribution in [0.4, 0.5) is 4.79 Å². The van der Waals surface area contributed by atoms with Crippen LogP contribution in [-0.2, 0) is 14.3 Å². The van der Waals surface area contributed by atoms with Crippen molar-refractivity contribution in [2.24, 2.45) is 5.92 Å². The van der Waals surface area contributed by atoms with E-state index in [9.17, 15) is 14.4 Å². The molecule has 2 atom stereocenters. The number of aryl methyl sites for hydroxylation is 1. The van der Waals surface area contributed by atoms with Crippen LogP contribution in [0.15, 0.2) is 36.9 Å². The minimum Gasteiger partial charge on any atom is -0.444 e. The molecular formula is C26H41N3O4. The van der Waals surface area contributed by atoms with Crippen molar-refractivity contribution in [3.05, 3.63) is 48.0 Å². The summed E-state index contributed by atoms with van der Waals surface area (Å²) in [5.74, 6) is -0.523. The van der Waals surface area contributed by atoms with E-state index >= 15 is 0 Å². The molecule has 2 unspecified atom stereocenters. The van der Waals surface area contributed by atoms with Crippen molar-refractivity contribution in [3.8, 4) is 0 Å². The van der Waals surface area contributed by atoms with E-state index in [0.717, 1.165) is 5.56 Å². The fourth-order valence-electron chi connectivity index (χ4n) is 3.39. The van der Waals surface area contributed by atoms with Crippen LogP contribution in [0.3, 0.4) is 0 Å². The molecule has 0 aromatic heterocycles. The number of nitrogens with one attached hydrogen (secondary N) is 2. The van der Waals surface area contributed by atoms with E-state index in [0.29, 0.717) is 12.0 Å². The van der Waals surface area contributed by atoms with Crippen LogP contribution >= 0.6 is 0 Å². The maximum Gasteiger partial charge on any atom is 0.408 e. The second-order valence-corrected chi connectivity index (χ2v) is 10.1. The molecule has 0 aliphatic heterocycles. The smallest absolute Gasteiger partial charge is 0.408 e. The van der Waals surface area contributed by atoms with Gasteiger partial charge in [0.25, 0.3) is 0 Å². The number of amides is 3. The molecule has 0 aliphatic rings. The number of hydrogen-bond donors (Lipinski definition) is 2. The van der Waals surface area contributed by atoms with Crippen LogP contribution in [0.5, 0.6) is 0 Å². The molecule has 1 rings (SSSR count). The molecule has 0 fully saturated rings. The Morgan fingerprint density at radius 1 is 1.06 bits per heavy atom. The number of alkyl carbamates (subject to hydrolysis) is 1. The first kappa shape index (κ1) is 28.2. The standard InChI is InChI=1S/C26H41N3O4/c1-10-15-29(22(23(30)27-18(4)5)20-13-11-19(6)12-14-20)24(31)21(16-17(2)3)28-25(32)33-26(7,8)9/h10-14,17-18,21-22H,1,15-16H2,2-9H3,(H,27,30)(H,28,32). The van der Waals surface area contributed by atoms with Crippen molar-refractivity contribution in [2.75, 3.05) is 6.54 Å². The Bertz CT molecular complexity index is 810. The highest BCUT2D eigenvalue weighted by molar-refractivity contribution is 5.92. The zero-order valence-corrected chi connectivity index (χ0v) is 21.4. The largest absolute Gasteiger partial charge is 0.444 e. The normalized spacial score (nSPS) is 13.3. The third-order valence-corrected chi connectivity index (χ3v) is 4.69. The number of benzene rings is 1. The molecule has 33 heavy (non-hydrogen) atoms. The first-order valence-corrected chi connectivity index (χ1v) is 11.5. The molecule has 0 saturated heterocycles. The van der Waals surface area contributed by atoms with E-state index in [1.807, 2.05) is 58.9 Å². The lowest BCUT2D eigenvalue weighted by molar-refractivity contribution is -0.142. The molecule has 0 bridgehead atoms. The van der Waals surface area contributed by atoms with Gasteiger partial charge in [-0.1, -0.05) is 49.8 Å². The lowest BCUT2D eigenvalue weighted by Gasteiger charge is -2.34. The second kappa shape index (κ2) is 12.4. The van der Waals surface area contributed by atoms with E-state index in [1.165, 1.54) is 4.90 Å². The van der Waals surface area contributed by atoms with Crippen molar-refractivity contribution in [1.82, 2.24) is 15.5 Å². The van der Waals surface area contributed by atoms with E-state index in [1.54, 1.807) is 26.8 Å². The van der Waals surface area contributed by atoms with Gasteiger partial charge < -0.3 is 20.3 Å². The van der Waals surface area contributed by atoms with E-state index in [2.05, 4.69) is 17.2 Å². The molecule has 0 spiro atoms. The Morgan fingerprint density at radius 2 is 1.64 bits per heavy atom. The minimum atomic E-state index is -0.867. The van der Waals surface area contributed by atoms with Gasteiger partial charge in [0, 0.05) is 12.6 Å². The summed E-state index contributed by atoms with van der Waals surface area (Å²) in [6.07, 6.45) is 1.32. The van der Waals surface area contributed by atoms with Crippen molar-refractivity contribution >= 4 is 17.9 Å². The summed E-state index contributed by atoms with van der Waals surface area (Å²) in [5, 5.41) is 5.64. The zero-order valence-electron chi connectivity index (χ0n) is 21.4. The van der Waals surface area contributed by atoms with Gasteiger partial charge in [0.05, 0.1) is 0 Å². The van der Waals surface area contributed by atoms with Crippen molar-refractivity contribution in [2.45, 2.75) is 85.5 Å². The minimum absolute atomic E-state index is 0.0996. The molecule has 1 aromatic rings. The summed E-state index contributed by atoms with van der Waals surface area (Å²) in [5.41, 5.74) is 1.04.